The molecule has 91 heavy (non-hydrogen) atoms. The molecular formula is C83H94N8. The van der Waals surface area contributed by atoms with Crippen LogP contribution >= 0.6 is 0 Å². The third kappa shape index (κ3) is 13.6. The molecule has 0 saturated carbocycles. The molecule has 0 saturated heterocycles. The highest BCUT2D eigenvalue weighted by atomic mass is 15.1. The molecule has 8 nitrogen and oxygen atoms in total. The van der Waals surface area contributed by atoms with E-state index in [0.29, 0.717) is 34.7 Å². The zero-order chi connectivity index (χ0) is 66.7. The summed E-state index contributed by atoms with van der Waals surface area (Å²) in [6.45, 7) is 70.7. The van der Waals surface area contributed by atoms with Crippen molar-refractivity contribution in [2.24, 2.45) is 0 Å². The van der Waals surface area contributed by atoms with Crippen molar-refractivity contribution in [3.05, 3.63) is 201 Å². The van der Waals surface area contributed by atoms with Crippen molar-refractivity contribution >= 4 is 33.2 Å². The van der Waals surface area contributed by atoms with Crippen molar-refractivity contribution in [3.63, 3.8) is 0 Å². The van der Waals surface area contributed by atoms with E-state index in [1.54, 1.807) is 0 Å². The topological polar surface area (TPSA) is 78.1 Å². The summed E-state index contributed by atoms with van der Waals surface area (Å²) >= 11 is 0. The van der Waals surface area contributed by atoms with E-state index < -0.39 is 0 Å². The van der Waals surface area contributed by atoms with E-state index in [2.05, 4.69) is 277 Å². The second-order valence-corrected chi connectivity index (χ2v) is 33.7. The second-order valence-electron chi connectivity index (χ2n) is 33.7. The van der Waals surface area contributed by atoms with Crippen LogP contribution in [0.2, 0.25) is 0 Å². The van der Waals surface area contributed by atoms with Crippen LogP contribution in [0.1, 0.15) is 211 Å². The van der Waals surface area contributed by atoms with E-state index in [0.717, 1.165) is 72.3 Å². The first kappa shape index (κ1) is 65.4. The van der Waals surface area contributed by atoms with Gasteiger partial charge in [0.25, 0.3) is 0 Å². The van der Waals surface area contributed by atoms with Crippen LogP contribution in [0.3, 0.4) is 0 Å². The van der Waals surface area contributed by atoms with E-state index in [9.17, 15) is 0 Å². The normalized spacial score (nSPS) is 13.0. The van der Waals surface area contributed by atoms with Crippen molar-refractivity contribution < 1.29 is 0 Å². The van der Waals surface area contributed by atoms with Gasteiger partial charge in [0.1, 0.15) is 0 Å². The van der Waals surface area contributed by atoms with Crippen LogP contribution in [0.4, 0.5) is 11.4 Å². The lowest BCUT2D eigenvalue weighted by Gasteiger charge is -2.27. The molecule has 10 aromatic rings. The Kier molecular flexibility index (Phi) is 16.3. The van der Waals surface area contributed by atoms with Gasteiger partial charge >= 0.3 is 0 Å². The Bertz CT molecular complexity index is 4220. The van der Waals surface area contributed by atoms with Gasteiger partial charge in [0.15, 0.2) is 34.7 Å². The van der Waals surface area contributed by atoms with Gasteiger partial charge in [0.05, 0.1) is 41.3 Å². The summed E-state index contributed by atoms with van der Waals surface area (Å²) in [6.07, 6.45) is 0. The predicted molar refractivity (Wildman–Crippen MR) is 384 cm³/mol. The highest BCUT2D eigenvalue weighted by Gasteiger charge is 2.30. The standard InChI is InChI=1S/C83H94N8/c1-76(2,3)54-33-50(34-55(42-54)77(4,5)6)68-48-67(86-72(87-68)51-35-56(78(7,8)9)43-57(36-51)79(10,11)12)49-27-30-71(91-69-31-28-62(84-25)46-64(69)65-47-63(85-26)29-32-70(65)91)66(41-49)75-89-73(52-37-58(80(13,14)15)44-59(38-52)81(16,17)18)88-74(90-75)53-39-60(82(19,20)21)45-61(40-53)83(22,23)24/h27-48H,1-24H3. The van der Waals surface area contributed by atoms with Crippen molar-refractivity contribution in [1.82, 2.24) is 29.5 Å². The number of nitrogens with zero attached hydrogens (tertiary/aromatic N) is 8. The average molecular weight is 1200 g/mol. The fraction of sp³-hybridized carbons (Fsp3) is 0.386. The SMILES string of the molecule is [C-]#[N+]c1ccc2c(c1)c1cc([N+]#[C-])ccc1n2-c1ccc(-c2cc(-c3cc(C(C)(C)C)cc(C(C)(C)C)c3)nc(-c3cc(C(C)(C)C)cc(C(C)(C)C)c3)n2)cc1-c1nc(-c2cc(C(C)(C)C)cc(C(C)(C)C)c2)nc(-c2cc(C(C)(C)C)cc(C(C)(C)C)c2)n1. The molecule has 0 aliphatic rings. The highest BCUT2D eigenvalue weighted by Crippen LogP contribution is 2.44. The number of rotatable bonds is 7. The summed E-state index contributed by atoms with van der Waals surface area (Å²) in [5, 5.41) is 1.74. The second kappa shape index (κ2) is 22.7. The molecule has 0 N–H and O–H groups in total. The first-order valence-electron chi connectivity index (χ1n) is 32.3. The summed E-state index contributed by atoms with van der Waals surface area (Å²) in [4.78, 5) is 36.1. The van der Waals surface area contributed by atoms with Gasteiger partial charge < -0.3 is 4.57 Å². The predicted octanol–water partition coefficient (Wildman–Crippen LogP) is 23.2. The van der Waals surface area contributed by atoms with Gasteiger partial charge in [-0.15, -0.1) is 0 Å². The Morgan fingerprint density at radius 3 is 0.868 bits per heavy atom. The lowest BCUT2D eigenvalue weighted by atomic mass is 9.79. The molecule has 0 bridgehead atoms. The minimum absolute atomic E-state index is 0.142. The molecule has 0 aliphatic carbocycles. The minimum Gasteiger partial charge on any atom is -0.309 e. The molecule has 3 heterocycles. The maximum Gasteiger partial charge on any atom is 0.188 e. The lowest BCUT2D eigenvalue weighted by molar-refractivity contribution is 0.568. The Hall–Kier alpha value is -8.59. The fourth-order valence-electron chi connectivity index (χ4n) is 11.6. The van der Waals surface area contributed by atoms with Gasteiger partial charge in [-0.1, -0.05) is 209 Å². The van der Waals surface area contributed by atoms with E-state index >= 15 is 0 Å². The zero-order valence-corrected chi connectivity index (χ0v) is 58.8. The van der Waals surface area contributed by atoms with Crippen molar-refractivity contribution in [3.8, 4) is 73.8 Å². The molecular weight excluding hydrogens is 1110 g/mol. The van der Waals surface area contributed by atoms with Crippen LogP contribution in [0.5, 0.6) is 0 Å². The third-order valence-corrected chi connectivity index (χ3v) is 17.9. The molecule has 0 atom stereocenters. The zero-order valence-electron chi connectivity index (χ0n) is 58.8. The highest BCUT2D eigenvalue weighted by molar-refractivity contribution is 6.12. The van der Waals surface area contributed by atoms with Gasteiger partial charge in [-0.05, 0) is 190 Å². The number of aromatic nitrogens is 6. The van der Waals surface area contributed by atoms with Gasteiger partial charge in [0.2, 0.25) is 0 Å². The van der Waals surface area contributed by atoms with Gasteiger partial charge in [-0.25, -0.2) is 34.6 Å². The first-order valence-corrected chi connectivity index (χ1v) is 32.3. The quantitative estimate of drug-likeness (QED) is 0.149. The van der Waals surface area contributed by atoms with Crippen LogP contribution in [0.15, 0.2) is 133 Å². The number of hydrogen-bond acceptors (Lipinski definition) is 5. The van der Waals surface area contributed by atoms with Crippen molar-refractivity contribution in [2.45, 2.75) is 209 Å². The third-order valence-electron chi connectivity index (χ3n) is 17.9. The summed E-state index contributed by atoms with van der Waals surface area (Å²) in [5.41, 5.74) is 18.9. The first-order chi connectivity index (χ1) is 42.0. The molecule has 7 aromatic carbocycles. The van der Waals surface area contributed by atoms with Gasteiger partial charge in [-0.3, -0.25) is 0 Å². The summed E-state index contributed by atoms with van der Waals surface area (Å²) in [5.74, 6) is 2.23. The van der Waals surface area contributed by atoms with Crippen LogP contribution in [0.25, 0.3) is 105 Å². The van der Waals surface area contributed by atoms with E-state index in [1.807, 2.05) is 36.4 Å². The van der Waals surface area contributed by atoms with Gasteiger partial charge in [-0.2, -0.15) is 0 Å². The van der Waals surface area contributed by atoms with E-state index in [4.69, 9.17) is 38.1 Å². The van der Waals surface area contributed by atoms with Gasteiger partial charge in [0, 0.05) is 33.4 Å². The van der Waals surface area contributed by atoms with Crippen molar-refractivity contribution in [2.75, 3.05) is 0 Å². The number of hydrogen-bond donors (Lipinski definition) is 0. The molecule has 466 valence electrons. The summed E-state index contributed by atoms with van der Waals surface area (Å²) < 4.78 is 2.25. The molecule has 0 fully saturated rings. The summed E-state index contributed by atoms with van der Waals surface area (Å²) in [6, 6.07) is 48.1. The molecule has 0 radical (unpaired) electrons. The van der Waals surface area contributed by atoms with Crippen molar-refractivity contribution in [1.29, 1.82) is 0 Å². The Balaban J connectivity index is 1.38. The van der Waals surface area contributed by atoms with Crippen LogP contribution < -0.4 is 0 Å². The largest absolute Gasteiger partial charge is 0.309 e. The fourth-order valence-corrected chi connectivity index (χ4v) is 11.6. The maximum absolute atomic E-state index is 8.13. The molecule has 10 rings (SSSR count). The molecule has 0 spiro atoms. The maximum atomic E-state index is 8.13. The Morgan fingerprint density at radius 2 is 0.560 bits per heavy atom. The van der Waals surface area contributed by atoms with Crippen LogP contribution in [-0.2, 0) is 43.3 Å². The van der Waals surface area contributed by atoms with E-state index in [1.165, 1.54) is 44.5 Å². The Labute approximate surface area is 543 Å². The van der Waals surface area contributed by atoms with E-state index in [-0.39, 0.29) is 43.3 Å². The Morgan fingerprint density at radius 1 is 0.275 bits per heavy atom. The average Bonchev–Trinajstić information content (AvgIpc) is 1.64. The number of fused-ring (bicyclic) bond motifs is 3. The monoisotopic (exact) mass is 1200 g/mol. The lowest BCUT2D eigenvalue weighted by Crippen LogP contribution is -2.17. The number of benzene rings is 7. The minimum atomic E-state index is -0.185. The molecule has 0 amide bonds. The molecule has 3 aromatic heterocycles. The molecule has 0 unspecified atom stereocenters. The van der Waals surface area contributed by atoms with Crippen LogP contribution in [0, 0.1) is 13.1 Å². The van der Waals surface area contributed by atoms with Crippen LogP contribution in [-0.4, -0.2) is 29.5 Å². The molecule has 0 aliphatic heterocycles. The smallest absolute Gasteiger partial charge is 0.188 e. The summed E-state index contributed by atoms with van der Waals surface area (Å²) in [7, 11) is 0. The molecule has 8 heteroatoms.